The van der Waals surface area contributed by atoms with Gasteiger partial charge in [-0.15, -0.1) is 0 Å². The molecular weight excluding hydrogens is 448 g/mol. The van der Waals surface area contributed by atoms with Crippen LogP contribution in [-0.4, -0.2) is 9.13 Å². The number of fused-ring (bicyclic) bond motifs is 2. The van der Waals surface area contributed by atoms with Gasteiger partial charge in [0.1, 0.15) is 0 Å². The molecule has 2 heterocycles. The molecule has 1 aliphatic rings. The molecule has 2 aromatic carbocycles. The summed E-state index contributed by atoms with van der Waals surface area (Å²) in [5, 5.41) is 6.66. The predicted molar refractivity (Wildman–Crippen MR) is 166 cm³/mol. The molecule has 37 heavy (non-hydrogen) atoms. The second-order valence-corrected chi connectivity index (χ2v) is 9.42. The molecule has 0 amide bonds. The summed E-state index contributed by atoms with van der Waals surface area (Å²) < 4.78 is 4.68. The highest BCUT2D eigenvalue weighted by molar-refractivity contribution is 5.83. The van der Waals surface area contributed by atoms with E-state index in [0.717, 1.165) is 0 Å². The monoisotopic (exact) mass is 492 g/mol. The van der Waals surface area contributed by atoms with Gasteiger partial charge in [0.25, 0.3) is 0 Å². The molecule has 0 spiro atoms. The molecule has 0 N–H and O–H groups in total. The molecule has 2 aromatic heterocycles. The van der Waals surface area contributed by atoms with E-state index in [9.17, 15) is 0 Å². The van der Waals surface area contributed by atoms with Gasteiger partial charge in [-0.2, -0.15) is 0 Å². The number of nitrogens with zero attached hydrogens (tertiary/aromatic N) is 2. The van der Waals surface area contributed by atoms with E-state index >= 15 is 0 Å². The van der Waals surface area contributed by atoms with E-state index in [1.165, 1.54) is 61.8 Å². The molecule has 2 heteroatoms. The number of para-hydroxylation sites is 2. The van der Waals surface area contributed by atoms with Crippen LogP contribution in [0.15, 0.2) is 60.7 Å². The minimum absolute atomic E-state index is 0.598. The molecule has 0 saturated heterocycles. The fraction of sp³-hybridized carbons (Fsp3) is 0.314. The van der Waals surface area contributed by atoms with E-state index in [4.69, 9.17) is 0 Å². The number of allylic oxidation sites excluding steroid dienone is 1. The van der Waals surface area contributed by atoms with Crippen LogP contribution in [0, 0.1) is 5.92 Å². The van der Waals surface area contributed by atoms with Crippen molar-refractivity contribution in [3.63, 3.8) is 0 Å². The van der Waals surface area contributed by atoms with E-state index in [-0.39, 0.29) is 0 Å². The maximum Gasteiger partial charge on any atom is 0.0540 e. The lowest BCUT2D eigenvalue weighted by molar-refractivity contribution is 0.783. The van der Waals surface area contributed by atoms with Crippen molar-refractivity contribution >= 4 is 41.3 Å². The summed E-state index contributed by atoms with van der Waals surface area (Å²) in [4.78, 5) is 0. The van der Waals surface area contributed by atoms with Crippen molar-refractivity contribution in [2.75, 3.05) is 0 Å². The highest BCUT2D eigenvalue weighted by Gasteiger charge is 2.12. The Morgan fingerprint density at radius 1 is 0.784 bits per heavy atom. The normalized spacial score (nSPS) is 14.5. The van der Waals surface area contributed by atoms with Crippen molar-refractivity contribution in [3.05, 3.63) is 93.1 Å². The first-order valence-electron chi connectivity index (χ1n) is 13.8. The number of aromatic nitrogens is 2. The third-order valence-electron chi connectivity index (χ3n) is 6.78. The van der Waals surface area contributed by atoms with Gasteiger partial charge >= 0.3 is 0 Å². The molecule has 5 rings (SSSR count). The second kappa shape index (κ2) is 13.1. The lowest BCUT2D eigenvalue weighted by Crippen LogP contribution is -2.28. The molecule has 0 bridgehead atoms. The van der Waals surface area contributed by atoms with Crippen molar-refractivity contribution in [1.29, 1.82) is 0 Å². The van der Waals surface area contributed by atoms with Gasteiger partial charge in [-0.1, -0.05) is 101 Å². The molecule has 0 unspecified atom stereocenters. The summed E-state index contributed by atoms with van der Waals surface area (Å²) in [7, 11) is 2.19. The number of hydrogen-bond donors (Lipinski definition) is 0. The second-order valence-electron chi connectivity index (χ2n) is 9.42. The van der Waals surface area contributed by atoms with Crippen LogP contribution in [0.25, 0.3) is 47.0 Å². The standard InChI is InChI=1S/C18H17N.C15H21N.C2H6/c1-3-15-16-12-8-9-13-18(16)19(17(15)4-2)14-10-6-5-7-11-14;1-5-14-13(10-11(2)3)12-8-6-7-9-15(12)16(14)4;1-2/h3-13H,1-2H3;5-6,8,10-11H,7,9H2,1-4H3;1-2H3/b15-3-,17-4+;13-10-,14-5+;. The van der Waals surface area contributed by atoms with Crippen LogP contribution in [0.4, 0.5) is 0 Å². The minimum atomic E-state index is 0.598. The lowest BCUT2D eigenvalue weighted by Gasteiger charge is -2.07. The van der Waals surface area contributed by atoms with E-state index in [1.54, 1.807) is 0 Å². The molecule has 0 fully saturated rings. The van der Waals surface area contributed by atoms with Gasteiger partial charge in [-0.05, 0) is 57.7 Å². The molecule has 194 valence electrons. The zero-order valence-electron chi connectivity index (χ0n) is 24.0. The first-order valence-corrected chi connectivity index (χ1v) is 13.8. The Morgan fingerprint density at radius 3 is 2.05 bits per heavy atom. The minimum Gasteiger partial charge on any atom is -0.347 e. The van der Waals surface area contributed by atoms with Gasteiger partial charge in [0, 0.05) is 50.5 Å². The number of hydrogen-bond acceptors (Lipinski definition) is 0. The largest absolute Gasteiger partial charge is 0.347 e. The first-order chi connectivity index (χ1) is 18.0. The van der Waals surface area contributed by atoms with Crippen LogP contribution in [0.5, 0.6) is 0 Å². The Labute approximate surface area is 223 Å². The number of benzene rings is 2. The smallest absolute Gasteiger partial charge is 0.0540 e. The predicted octanol–water partition coefficient (Wildman–Crippen LogP) is 6.48. The maximum atomic E-state index is 2.38. The summed E-state index contributed by atoms with van der Waals surface area (Å²) in [6.45, 7) is 14.8. The van der Waals surface area contributed by atoms with Gasteiger partial charge in [-0.25, -0.2) is 0 Å². The summed E-state index contributed by atoms with van der Waals surface area (Å²) in [6.07, 6.45) is 15.9. The quantitative estimate of drug-likeness (QED) is 0.303. The van der Waals surface area contributed by atoms with Gasteiger partial charge in [0.15, 0.2) is 0 Å². The average Bonchev–Trinajstić information content (AvgIpc) is 3.41. The zero-order valence-corrected chi connectivity index (χ0v) is 24.0. The van der Waals surface area contributed by atoms with Crippen molar-refractivity contribution < 1.29 is 0 Å². The fourth-order valence-corrected chi connectivity index (χ4v) is 5.30. The lowest BCUT2D eigenvalue weighted by atomic mass is 10.0. The molecular formula is C35H44N2. The van der Waals surface area contributed by atoms with Gasteiger partial charge in [0.05, 0.1) is 5.52 Å². The van der Waals surface area contributed by atoms with Crippen molar-refractivity contribution in [1.82, 2.24) is 9.13 Å². The topological polar surface area (TPSA) is 9.86 Å². The first kappa shape index (κ1) is 28.1. The SMILES string of the molecule is C/C=c1\c(=C/C(C)C)c2c(n1C)CCC=C2.C/C=c1\c(=C/C)n(-c2ccccc2)c2ccccc12.CC. The van der Waals surface area contributed by atoms with Crippen LogP contribution >= 0.6 is 0 Å². The fourth-order valence-electron chi connectivity index (χ4n) is 5.30. The Morgan fingerprint density at radius 2 is 1.43 bits per heavy atom. The van der Waals surface area contributed by atoms with Crippen LogP contribution in [0.2, 0.25) is 0 Å². The maximum absolute atomic E-state index is 2.38. The van der Waals surface area contributed by atoms with Crippen molar-refractivity contribution in [2.45, 2.75) is 61.3 Å². The molecule has 0 saturated carbocycles. The summed E-state index contributed by atoms with van der Waals surface area (Å²) in [5.74, 6) is 0.598. The van der Waals surface area contributed by atoms with Crippen LogP contribution in [0.1, 0.15) is 66.1 Å². The Balaban J connectivity index is 0.000000195. The third-order valence-corrected chi connectivity index (χ3v) is 6.78. The molecule has 0 radical (unpaired) electrons. The molecule has 1 aliphatic carbocycles. The average molecular weight is 493 g/mol. The van der Waals surface area contributed by atoms with Crippen molar-refractivity contribution in [3.8, 4) is 5.69 Å². The Hall–Kier alpha value is -3.52. The van der Waals surface area contributed by atoms with Crippen LogP contribution < -0.4 is 21.1 Å². The van der Waals surface area contributed by atoms with E-state index in [1.807, 2.05) is 13.8 Å². The molecule has 2 nitrogen and oxygen atoms in total. The molecule has 0 atom stereocenters. The summed E-state index contributed by atoms with van der Waals surface area (Å²) >= 11 is 0. The third kappa shape index (κ3) is 5.74. The van der Waals surface area contributed by atoms with E-state index < -0.39 is 0 Å². The molecule has 4 aromatic rings. The van der Waals surface area contributed by atoms with Crippen LogP contribution in [-0.2, 0) is 13.5 Å². The Kier molecular flexibility index (Phi) is 9.97. The van der Waals surface area contributed by atoms with E-state index in [2.05, 4.69) is 142 Å². The number of rotatable bonds is 2. The summed E-state index contributed by atoms with van der Waals surface area (Å²) in [5.41, 5.74) is 5.40. The summed E-state index contributed by atoms with van der Waals surface area (Å²) in [6, 6.07) is 19.1. The Bertz CT molecular complexity index is 1590. The van der Waals surface area contributed by atoms with Crippen LogP contribution in [0.3, 0.4) is 0 Å². The highest BCUT2D eigenvalue weighted by Crippen LogP contribution is 2.15. The van der Waals surface area contributed by atoms with Gasteiger partial charge in [0.2, 0.25) is 0 Å². The zero-order chi connectivity index (χ0) is 26.9. The van der Waals surface area contributed by atoms with E-state index in [0.29, 0.717) is 5.92 Å². The van der Waals surface area contributed by atoms with Gasteiger partial charge in [-0.3, -0.25) is 0 Å². The van der Waals surface area contributed by atoms with Gasteiger partial charge < -0.3 is 9.13 Å². The van der Waals surface area contributed by atoms with Crippen molar-refractivity contribution in [2.24, 2.45) is 13.0 Å². The molecule has 0 aliphatic heterocycles. The highest BCUT2D eigenvalue weighted by atomic mass is 15.0.